The molecule has 0 saturated heterocycles. The van der Waals surface area contributed by atoms with Crippen LogP contribution in [0.2, 0.25) is 0 Å². The standard InChI is InChI=1S/C9H9N3/c1-7-3-2-5-10-9(7)8-4-6-11-12-8/h2-6H,1H3,(H,11,12). The summed E-state index contributed by atoms with van der Waals surface area (Å²) in [5, 5.41) is 6.76. The van der Waals surface area contributed by atoms with Gasteiger partial charge >= 0.3 is 0 Å². The third-order valence-electron chi connectivity index (χ3n) is 1.77. The lowest BCUT2D eigenvalue weighted by Gasteiger charge is -1.99. The first-order chi connectivity index (χ1) is 5.88. The second kappa shape index (κ2) is 2.77. The number of rotatable bonds is 1. The van der Waals surface area contributed by atoms with E-state index in [1.807, 2.05) is 25.1 Å². The predicted octanol–water partition coefficient (Wildman–Crippen LogP) is 1.78. The van der Waals surface area contributed by atoms with Gasteiger partial charge in [-0.1, -0.05) is 6.07 Å². The summed E-state index contributed by atoms with van der Waals surface area (Å²) in [7, 11) is 0. The van der Waals surface area contributed by atoms with Gasteiger partial charge in [-0.3, -0.25) is 10.1 Å². The van der Waals surface area contributed by atoms with E-state index in [4.69, 9.17) is 0 Å². The summed E-state index contributed by atoms with van der Waals surface area (Å²) in [4.78, 5) is 4.25. The van der Waals surface area contributed by atoms with Crippen LogP contribution in [0.25, 0.3) is 11.4 Å². The molecule has 0 aliphatic carbocycles. The summed E-state index contributed by atoms with van der Waals surface area (Å²) in [5.41, 5.74) is 3.09. The van der Waals surface area contributed by atoms with Crippen LogP contribution in [-0.2, 0) is 0 Å². The molecule has 0 radical (unpaired) electrons. The fourth-order valence-corrected chi connectivity index (χ4v) is 1.16. The minimum atomic E-state index is 0.966. The SMILES string of the molecule is Cc1cccnc1-c1ccn[nH]1. The second-order valence-electron chi connectivity index (χ2n) is 2.64. The van der Waals surface area contributed by atoms with E-state index in [1.54, 1.807) is 12.4 Å². The van der Waals surface area contributed by atoms with Gasteiger partial charge in [-0.15, -0.1) is 0 Å². The van der Waals surface area contributed by atoms with Gasteiger partial charge in [0.2, 0.25) is 0 Å². The average molecular weight is 159 g/mol. The highest BCUT2D eigenvalue weighted by molar-refractivity contribution is 5.57. The molecule has 2 rings (SSSR count). The lowest BCUT2D eigenvalue weighted by Crippen LogP contribution is -1.86. The van der Waals surface area contributed by atoms with E-state index in [-0.39, 0.29) is 0 Å². The molecule has 1 N–H and O–H groups in total. The Kier molecular flexibility index (Phi) is 1.63. The van der Waals surface area contributed by atoms with Crippen LogP contribution in [0.15, 0.2) is 30.6 Å². The smallest absolute Gasteiger partial charge is 0.0909 e. The number of aromatic nitrogens is 3. The Hall–Kier alpha value is -1.64. The first-order valence-corrected chi connectivity index (χ1v) is 3.79. The summed E-state index contributed by atoms with van der Waals surface area (Å²) >= 11 is 0. The van der Waals surface area contributed by atoms with Crippen LogP contribution in [0.3, 0.4) is 0 Å². The fourth-order valence-electron chi connectivity index (χ4n) is 1.16. The van der Waals surface area contributed by atoms with Crippen molar-refractivity contribution in [1.29, 1.82) is 0 Å². The zero-order valence-electron chi connectivity index (χ0n) is 6.78. The lowest BCUT2D eigenvalue weighted by molar-refractivity contribution is 1.08. The summed E-state index contributed by atoms with van der Waals surface area (Å²) in [6.07, 6.45) is 3.51. The molecule has 60 valence electrons. The summed E-state index contributed by atoms with van der Waals surface area (Å²) in [5.74, 6) is 0. The Morgan fingerprint density at radius 2 is 2.17 bits per heavy atom. The Labute approximate surface area is 70.5 Å². The van der Waals surface area contributed by atoms with Gasteiger partial charge in [-0.05, 0) is 24.6 Å². The summed E-state index contributed by atoms with van der Waals surface area (Å²) in [6.45, 7) is 2.03. The van der Waals surface area contributed by atoms with Gasteiger partial charge in [0.25, 0.3) is 0 Å². The van der Waals surface area contributed by atoms with Crippen LogP contribution in [0.5, 0.6) is 0 Å². The topological polar surface area (TPSA) is 41.6 Å². The van der Waals surface area contributed by atoms with E-state index in [2.05, 4.69) is 15.2 Å². The van der Waals surface area contributed by atoms with Crippen molar-refractivity contribution in [2.45, 2.75) is 6.92 Å². The fraction of sp³-hybridized carbons (Fsp3) is 0.111. The molecule has 3 heteroatoms. The van der Waals surface area contributed by atoms with Gasteiger partial charge in [-0.25, -0.2) is 0 Å². The number of hydrogen-bond acceptors (Lipinski definition) is 2. The molecule has 0 fully saturated rings. The molecule has 0 atom stereocenters. The van der Waals surface area contributed by atoms with Crippen LogP contribution in [0.4, 0.5) is 0 Å². The van der Waals surface area contributed by atoms with E-state index in [0.717, 1.165) is 17.0 Å². The van der Waals surface area contributed by atoms with Crippen molar-refractivity contribution in [3.05, 3.63) is 36.2 Å². The zero-order valence-corrected chi connectivity index (χ0v) is 6.78. The molecule has 0 aliphatic heterocycles. The Morgan fingerprint density at radius 1 is 1.25 bits per heavy atom. The van der Waals surface area contributed by atoms with Gasteiger partial charge in [0.15, 0.2) is 0 Å². The first kappa shape index (κ1) is 7.03. The maximum Gasteiger partial charge on any atom is 0.0909 e. The minimum Gasteiger partial charge on any atom is -0.276 e. The molecule has 0 spiro atoms. The molecule has 0 aliphatic rings. The van der Waals surface area contributed by atoms with Crippen LogP contribution in [0, 0.1) is 6.92 Å². The van der Waals surface area contributed by atoms with Crippen molar-refractivity contribution < 1.29 is 0 Å². The highest BCUT2D eigenvalue weighted by atomic mass is 15.1. The van der Waals surface area contributed by atoms with Gasteiger partial charge in [0.1, 0.15) is 0 Å². The number of H-pyrrole nitrogens is 1. The molecule has 0 bridgehead atoms. The van der Waals surface area contributed by atoms with E-state index >= 15 is 0 Å². The van der Waals surface area contributed by atoms with Crippen LogP contribution < -0.4 is 0 Å². The maximum absolute atomic E-state index is 4.25. The molecular formula is C9H9N3. The van der Waals surface area contributed by atoms with Crippen molar-refractivity contribution in [3.8, 4) is 11.4 Å². The van der Waals surface area contributed by atoms with E-state index in [9.17, 15) is 0 Å². The summed E-state index contributed by atoms with van der Waals surface area (Å²) < 4.78 is 0. The minimum absolute atomic E-state index is 0.966. The third-order valence-corrected chi connectivity index (χ3v) is 1.77. The Balaban J connectivity index is 2.55. The molecule has 3 nitrogen and oxygen atoms in total. The Bertz CT molecular complexity index is 365. The predicted molar refractivity (Wildman–Crippen MR) is 46.6 cm³/mol. The van der Waals surface area contributed by atoms with Crippen molar-refractivity contribution in [2.24, 2.45) is 0 Å². The van der Waals surface area contributed by atoms with Crippen LogP contribution in [0.1, 0.15) is 5.56 Å². The molecule has 2 heterocycles. The van der Waals surface area contributed by atoms with Gasteiger partial charge in [-0.2, -0.15) is 5.10 Å². The molecule has 0 aromatic carbocycles. The van der Waals surface area contributed by atoms with E-state index in [0.29, 0.717) is 0 Å². The third kappa shape index (κ3) is 1.09. The highest BCUT2D eigenvalue weighted by Crippen LogP contribution is 2.16. The molecule has 12 heavy (non-hydrogen) atoms. The number of aromatic amines is 1. The van der Waals surface area contributed by atoms with Gasteiger partial charge < -0.3 is 0 Å². The lowest BCUT2D eigenvalue weighted by atomic mass is 10.2. The number of nitrogens with one attached hydrogen (secondary N) is 1. The monoisotopic (exact) mass is 159 g/mol. The number of aryl methyl sites for hydroxylation is 1. The average Bonchev–Trinajstić information content (AvgIpc) is 2.57. The van der Waals surface area contributed by atoms with Gasteiger partial charge in [0, 0.05) is 12.4 Å². The number of hydrogen-bond donors (Lipinski definition) is 1. The van der Waals surface area contributed by atoms with Crippen LogP contribution >= 0.6 is 0 Å². The first-order valence-electron chi connectivity index (χ1n) is 3.79. The number of nitrogens with zero attached hydrogens (tertiary/aromatic N) is 2. The van der Waals surface area contributed by atoms with E-state index in [1.165, 1.54) is 0 Å². The number of pyridine rings is 1. The zero-order chi connectivity index (χ0) is 8.39. The molecule has 2 aromatic heterocycles. The van der Waals surface area contributed by atoms with Crippen molar-refractivity contribution >= 4 is 0 Å². The molecule has 0 amide bonds. The second-order valence-corrected chi connectivity index (χ2v) is 2.64. The van der Waals surface area contributed by atoms with Crippen molar-refractivity contribution in [2.75, 3.05) is 0 Å². The largest absolute Gasteiger partial charge is 0.276 e. The van der Waals surface area contributed by atoms with Crippen LogP contribution in [-0.4, -0.2) is 15.2 Å². The quantitative estimate of drug-likeness (QED) is 0.689. The summed E-state index contributed by atoms with van der Waals surface area (Å²) in [6, 6.07) is 5.87. The highest BCUT2D eigenvalue weighted by Gasteiger charge is 2.01. The molecular weight excluding hydrogens is 150 g/mol. The molecule has 0 unspecified atom stereocenters. The molecule has 2 aromatic rings. The Morgan fingerprint density at radius 3 is 2.83 bits per heavy atom. The van der Waals surface area contributed by atoms with Gasteiger partial charge in [0.05, 0.1) is 11.4 Å². The maximum atomic E-state index is 4.25. The van der Waals surface area contributed by atoms with Crippen molar-refractivity contribution in [1.82, 2.24) is 15.2 Å². The molecule has 0 saturated carbocycles. The van der Waals surface area contributed by atoms with E-state index < -0.39 is 0 Å². The van der Waals surface area contributed by atoms with Crippen molar-refractivity contribution in [3.63, 3.8) is 0 Å². The normalized spacial score (nSPS) is 10.1.